The predicted molar refractivity (Wildman–Crippen MR) is 88.9 cm³/mol. The molecule has 1 N–H and O–H groups in total. The first kappa shape index (κ1) is 18.6. The van der Waals surface area contributed by atoms with Crippen molar-refractivity contribution in [1.29, 1.82) is 0 Å². The SMILES string of the molecule is CBc1ncc(Cl)cc1NS(=O)(=O)c1ccc(C)c(C(F)(F)F)c1. The van der Waals surface area contributed by atoms with Gasteiger partial charge in [-0.05, 0) is 30.7 Å². The highest BCUT2D eigenvalue weighted by Crippen LogP contribution is 2.33. The van der Waals surface area contributed by atoms with E-state index in [0.29, 0.717) is 18.9 Å². The zero-order chi connectivity index (χ0) is 18.1. The van der Waals surface area contributed by atoms with Gasteiger partial charge < -0.3 is 0 Å². The van der Waals surface area contributed by atoms with Crippen molar-refractivity contribution < 1.29 is 21.6 Å². The Balaban J connectivity index is 2.47. The van der Waals surface area contributed by atoms with Gasteiger partial charge in [-0.1, -0.05) is 24.5 Å². The Hall–Kier alpha value is -1.74. The maximum absolute atomic E-state index is 13.0. The summed E-state index contributed by atoms with van der Waals surface area (Å²) in [5.74, 6) is 0. The first-order valence-electron chi connectivity index (χ1n) is 6.89. The molecule has 0 unspecified atom stereocenters. The number of pyridine rings is 1. The highest BCUT2D eigenvalue weighted by Gasteiger charge is 2.33. The fourth-order valence-corrected chi connectivity index (χ4v) is 3.38. The van der Waals surface area contributed by atoms with Gasteiger partial charge in [-0.3, -0.25) is 9.71 Å². The zero-order valence-corrected chi connectivity index (χ0v) is 14.4. The minimum absolute atomic E-state index is 0.0554. The van der Waals surface area contributed by atoms with Crippen LogP contribution in [0, 0.1) is 6.92 Å². The van der Waals surface area contributed by atoms with Crippen molar-refractivity contribution in [2.24, 2.45) is 0 Å². The van der Waals surface area contributed by atoms with Crippen LogP contribution in [0.1, 0.15) is 11.1 Å². The van der Waals surface area contributed by atoms with Crippen molar-refractivity contribution in [3.8, 4) is 0 Å². The van der Waals surface area contributed by atoms with E-state index in [1.807, 2.05) is 0 Å². The average Bonchev–Trinajstić information content (AvgIpc) is 2.46. The van der Waals surface area contributed by atoms with Gasteiger partial charge in [0, 0.05) is 11.8 Å². The molecule has 2 rings (SSSR count). The largest absolute Gasteiger partial charge is 0.416 e. The van der Waals surface area contributed by atoms with E-state index in [-0.39, 0.29) is 16.3 Å². The molecule has 0 fully saturated rings. The van der Waals surface area contributed by atoms with E-state index in [1.165, 1.54) is 19.2 Å². The van der Waals surface area contributed by atoms with Crippen LogP contribution in [0.5, 0.6) is 0 Å². The molecule has 0 spiro atoms. The van der Waals surface area contributed by atoms with Crippen LogP contribution in [-0.2, 0) is 16.2 Å². The number of nitrogens with zero attached hydrogens (tertiary/aromatic N) is 1. The summed E-state index contributed by atoms with van der Waals surface area (Å²) in [6.07, 6.45) is -3.27. The van der Waals surface area contributed by atoms with E-state index in [1.54, 1.807) is 6.82 Å². The Bertz CT molecular complexity index is 873. The molecule has 0 bridgehead atoms. The van der Waals surface area contributed by atoms with Gasteiger partial charge in [0.15, 0.2) is 7.28 Å². The Labute approximate surface area is 143 Å². The molecule has 0 atom stereocenters. The van der Waals surface area contributed by atoms with Crippen LogP contribution in [0.4, 0.5) is 18.9 Å². The Kier molecular flexibility index (Phi) is 5.15. The van der Waals surface area contributed by atoms with Crippen LogP contribution in [0.2, 0.25) is 11.8 Å². The molecule has 1 aromatic heterocycles. The van der Waals surface area contributed by atoms with Crippen LogP contribution < -0.4 is 10.3 Å². The highest BCUT2D eigenvalue weighted by atomic mass is 35.5. The second-order valence-corrected chi connectivity index (χ2v) is 7.20. The lowest BCUT2D eigenvalue weighted by Crippen LogP contribution is -2.24. The molecule has 0 saturated heterocycles. The quantitative estimate of drug-likeness (QED) is 0.835. The minimum Gasteiger partial charge on any atom is -0.279 e. The third-order valence-corrected chi connectivity index (χ3v) is 4.91. The first-order chi connectivity index (χ1) is 11.0. The average molecular weight is 377 g/mol. The lowest BCUT2D eigenvalue weighted by atomic mass is 9.77. The molecule has 128 valence electrons. The van der Waals surface area contributed by atoms with Crippen molar-refractivity contribution in [2.45, 2.75) is 24.8 Å². The van der Waals surface area contributed by atoms with Crippen molar-refractivity contribution in [3.63, 3.8) is 0 Å². The third-order valence-electron chi connectivity index (χ3n) is 3.34. The van der Waals surface area contributed by atoms with Crippen LogP contribution in [0.3, 0.4) is 0 Å². The summed E-state index contributed by atoms with van der Waals surface area (Å²) >= 11 is 5.81. The number of halogens is 4. The zero-order valence-electron chi connectivity index (χ0n) is 12.8. The summed E-state index contributed by atoms with van der Waals surface area (Å²) in [4.78, 5) is 3.52. The van der Waals surface area contributed by atoms with Crippen LogP contribution >= 0.6 is 11.6 Å². The number of aromatic nitrogens is 1. The molecule has 24 heavy (non-hydrogen) atoms. The fourth-order valence-electron chi connectivity index (χ4n) is 2.12. The number of anilines is 1. The van der Waals surface area contributed by atoms with E-state index in [0.717, 1.165) is 12.1 Å². The van der Waals surface area contributed by atoms with Gasteiger partial charge in [0.25, 0.3) is 10.0 Å². The molecule has 0 aliphatic heterocycles. The first-order valence-corrected chi connectivity index (χ1v) is 8.76. The van der Waals surface area contributed by atoms with Crippen molar-refractivity contribution >= 4 is 40.2 Å². The molecule has 1 aromatic carbocycles. The van der Waals surface area contributed by atoms with Crippen molar-refractivity contribution in [2.75, 3.05) is 4.72 Å². The molecule has 0 saturated carbocycles. The molecule has 1 heterocycles. The summed E-state index contributed by atoms with van der Waals surface area (Å²) < 4.78 is 66.0. The summed E-state index contributed by atoms with van der Waals surface area (Å²) in [6.45, 7) is 3.03. The molecule has 10 heteroatoms. The number of aryl methyl sites for hydroxylation is 1. The molecular formula is C14H13BClF3N2O2S. The highest BCUT2D eigenvalue weighted by molar-refractivity contribution is 7.92. The molecule has 0 radical (unpaired) electrons. The predicted octanol–water partition coefficient (Wildman–Crippen LogP) is 2.97. The van der Waals surface area contributed by atoms with Gasteiger partial charge in [-0.2, -0.15) is 13.2 Å². The number of alkyl halides is 3. The summed E-state index contributed by atoms with van der Waals surface area (Å²) in [6, 6.07) is 4.22. The maximum atomic E-state index is 13.0. The number of nitrogens with one attached hydrogen (secondary N) is 1. The van der Waals surface area contributed by atoms with Gasteiger partial charge in [0.1, 0.15) is 0 Å². The Morgan fingerprint density at radius 2 is 1.92 bits per heavy atom. The molecule has 0 aliphatic rings. The Morgan fingerprint density at radius 1 is 1.25 bits per heavy atom. The van der Waals surface area contributed by atoms with Crippen molar-refractivity contribution in [1.82, 2.24) is 4.98 Å². The molecule has 0 aliphatic carbocycles. The lowest BCUT2D eigenvalue weighted by molar-refractivity contribution is -0.138. The van der Waals surface area contributed by atoms with Gasteiger partial charge in [0.05, 0.1) is 21.2 Å². The van der Waals surface area contributed by atoms with Gasteiger partial charge >= 0.3 is 6.18 Å². The maximum Gasteiger partial charge on any atom is 0.416 e. The topological polar surface area (TPSA) is 59.1 Å². The van der Waals surface area contributed by atoms with Crippen LogP contribution in [0.25, 0.3) is 0 Å². The van der Waals surface area contributed by atoms with E-state index in [4.69, 9.17) is 11.6 Å². The van der Waals surface area contributed by atoms with Gasteiger partial charge in [-0.15, -0.1) is 0 Å². The fraction of sp³-hybridized carbons (Fsp3) is 0.214. The van der Waals surface area contributed by atoms with E-state index < -0.39 is 26.7 Å². The van der Waals surface area contributed by atoms with Crippen LogP contribution in [0.15, 0.2) is 35.4 Å². The van der Waals surface area contributed by atoms with Crippen LogP contribution in [-0.4, -0.2) is 20.7 Å². The molecule has 2 aromatic rings. The Morgan fingerprint density at radius 3 is 2.50 bits per heavy atom. The normalized spacial score (nSPS) is 12.1. The second kappa shape index (κ2) is 6.64. The van der Waals surface area contributed by atoms with E-state index in [2.05, 4.69) is 9.71 Å². The second-order valence-electron chi connectivity index (χ2n) is 5.08. The number of rotatable bonds is 4. The number of hydrogen-bond acceptors (Lipinski definition) is 3. The number of sulfonamides is 1. The monoisotopic (exact) mass is 376 g/mol. The minimum atomic E-state index is -4.64. The summed E-state index contributed by atoms with van der Waals surface area (Å²) in [7, 11) is -3.78. The van der Waals surface area contributed by atoms with Gasteiger partial charge in [0.2, 0.25) is 0 Å². The lowest BCUT2D eigenvalue weighted by Gasteiger charge is -2.14. The third kappa shape index (κ3) is 4.02. The summed E-state index contributed by atoms with van der Waals surface area (Å²) in [5, 5.41) is 0.213. The van der Waals surface area contributed by atoms with Gasteiger partial charge in [-0.25, -0.2) is 8.42 Å². The number of benzene rings is 1. The van der Waals surface area contributed by atoms with E-state index in [9.17, 15) is 21.6 Å². The van der Waals surface area contributed by atoms with E-state index >= 15 is 0 Å². The summed E-state index contributed by atoms with van der Waals surface area (Å²) in [5.41, 5.74) is -0.476. The molecule has 4 nitrogen and oxygen atoms in total. The smallest absolute Gasteiger partial charge is 0.279 e. The molecule has 0 amide bonds. The standard InChI is InChI=1S/C14H13BClF3N2O2S/c1-8-3-4-10(6-11(8)14(17,18)19)24(22,23)21-12-5-9(16)7-20-13(12)15-2/h3-7,15,21H,1-2H3. The number of hydrogen-bond donors (Lipinski definition) is 1. The molecular weight excluding hydrogens is 363 g/mol. The van der Waals surface area contributed by atoms with Crippen molar-refractivity contribution in [3.05, 3.63) is 46.6 Å².